The molecular weight excluding hydrogens is 242 g/mol. The number of hydrogen-bond donors (Lipinski definition) is 1. The van der Waals surface area contributed by atoms with Gasteiger partial charge in [0, 0.05) is 0 Å². The number of hydrogen-bond acceptors (Lipinski definition) is 1. The highest BCUT2D eigenvalue weighted by Crippen LogP contribution is 2.26. The summed E-state index contributed by atoms with van der Waals surface area (Å²) < 4.78 is 0. The fourth-order valence-electron chi connectivity index (χ4n) is 2.39. The van der Waals surface area contributed by atoms with Crippen molar-refractivity contribution in [1.82, 2.24) is 0 Å². The number of nitrogens with two attached hydrogens (primary N) is 1. The monoisotopic (exact) mass is 267 g/mol. The molecule has 0 bridgehead atoms. The van der Waals surface area contributed by atoms with E-state index in [2.05, 4.69) is 76.2 Å². The van der Waals surface area contributed by atoms with Gasteiger partial charge in [0.15, 0.2) is 0 Å². The number of rotatable bonds is 3. The summed E-state index contributed by atoms with van der Waals surface area (Å²) in [5.41, 5.74) is 11.6. The summed E-state index contributed by atoms with van der Waals surface area (Å²) in [6, 6.07) is 17.2. The molecule has 0 aliphatic carbocycles. The molecule has 0 saturated heterocycles. The number of aryl methyl sites for hydroxylation is 1. The lowest BCUT2D eigenvalue weighted by Crippen LogP contribution is -2.14. The summed E-state index contributed by atoms with van der Waals surface area (Å²) in [5.74, 6) is 0. The van der Waals surface area contributed by atoms with Crippen molar-refractivity contribution in [3.8, 4) is 0 Å². The Labute approximate surface area is 122 Å². The Bertz CT molecular complexity index is 561. The highest BCUT2D eigenvalue weighted by atomic mass is 14.6. The zero-order chi connectivity index (χ0) is 14.8. The van der Waals surface area contributed by atoms with Gasteiger partial charge in [0.25, 0.3) is 0 Å². The van der Waals surface area contributed by atoms with Gasteiger partial charge in [0.2, 0.25) is 0 Å². The SMILES string of the molecule is CCc1cccc(C(N)c2ccc(C(C)(C)C)cc2)c1. The molecule has 0 fully saturated rings. The average molecular weight is 267 g/mol. The van der Waals surface area contributed by atoms with E-state index in [1.165, 1.54) is 22.3 Å². The molecule has 20 heavy (non-hydrogen) atoms. The molecular formula is C19H25N. The van der Waals surface area contributed by atoms with Crippen LogP contribution in [0, 0.1) is 0 Å². The Morgan fingerprint density at radius 2 is 1.60 bits per heavy atom. The summed E-state index contributed by atoms with van der Waals surface area (Å²) >= 11 is 0. The van der Waals surface area contributed by atoms with Crippen LogP contribution in [0.1, 0.15) is 56.0 Å². The van der Waals surface area contributed by atoms with Crippen LogP contribution in [0.15, 0.2) is 48.5 Å². The molecule has 1 heteroatoms. The van der Waals surface area contributed by atoms with Crippen molar-refractivity contribution in [2.45, 2.75) is 45.6 Å². The zero-order valence-electron chi connectivity index (χ0n) is 13.0. The molecule has 0 aliphatic heterocycles. The van der Waals surface area contributed by atoms with E-state index in [4.69, 9.17) is 5.73 Å². The van der Waals surface area contributed by atoms with Crippen LogP contribution in [0.25, 0.3) is 0 Å². The predicted octanol–water partition coefficient (Wildman–Crippen LogP) is 4.59. The second-order valence-electron chi connectivity index (χ2n) is 6.45. The van der Waals surface area contributed by atoms with Crippen molar-refractivity contribution in [1.29, 1.82) is 0 Å². The summed E-state index contributed by atoms with van der Waals surface area (Å²) in [6.45, 7) is 8.86. The second-order valence-corrected chi connectivity index (χ2v) is 6.45. The van der Waals surface area contributed by atoms with E-state index in [1.807, 2.05) is 0 Å². The molecule has 2 N–H and O–H groups in total. The van der Waals surface area contributed by atoms with Gasteiger partial charge in [0.05, 0.1) is 6.04 Å². The van der Waals surface area contributed by atoms with Crippen LogP contribution in [0.2, 0.25) is 0 Å². The van der Waals surface area contributed by atoms with Gasteiger partial charge in [0.1, 0.15) is 0 Å². The van der Waals surface area contributed by atoms with Gasteiger partial charge in [-0.15, -0.1) is 0 Å². The maximum atomic E-state index is 6.40. The largest absolute Gasteiger partial charge is 0.320 e. The summed E-state index contributed by atoms with van der Waals surface area (Å²) in [7, 11) is 0. The smallest absolute Gasteiger partial charge is 0.0551 e. The first-order chi connectivity index (χ1) is 9.41. The van der Waals surface area contributed by atoms with Gasteiger partial charge in [-0.2, -0.15) is 0 Å². The van der Waals surface area contributed by atoms with Gasteiger partial charge in [-0.05, 0) is 34.1 Å². The van der Waals surface area contributed by atoms with Crippen molar-refractivity contribution < 1.29 is 0 Å². The highest BCUT2D eigenvalue weighted by molar-refractivity contribution is 5.36. The molecule has 0 aliphatic rings. The maximum Gasteiger partial charge on any atom is 0.0551 e. The van der Waals surface area contributed by atoms with Crippen LogP contribution in [-0.4, -0.2) is 0 Å². The molecule has 2 aromatic carbocycles. The zero-order valence-corrected chi connectivity index (χ0v) is 13.0. The van der Waals surface area contributed by atoms with Gasteiger partial charge in [-0.3, -0.25) is 0 Å². The fraction of sp³-hybridized carbons (Fsp3) is 0.368. The molecule has 0 saturated carbocycles. The van der Waals surface area contributed by atoms with Gasteiger partial charge < -0.3 is 5.73 Å². The maximum absolute atomic E-state index is 6.40. The molecule has 1 nitrogen and oxygen atoms in total. The van der Waals surface area contributed by atoms with Gasteiger partial charge in [-0.1, -0.05) is 76.2 Å². The first-order valence-corrected chi connectivity index (χ1v) is 7.36. The molecule has 0 heterocycles. The van der Waals surface area contributed by atoms with E-state index in [9.17, 15) is 0 Å². The minimum absolute atomic E-state index is 0.0458. The summed E-state index contributed by atoms with van der Waals surface area (Å²) in [5, 5.41) is 0. The van der Waals surface area contributed by atoms with Crippen LogP contribution in [-0.2, 0) is 11.8 Å². The third-order valence-corrected chi connectivity index (χ3v) is 3.85. The molecule has 0 aromatic heterocycles. The molecule has 0 spiro atoms. The summed E-state index contributed by atoms with van der Waals surface area (Å²) in [4.78, 5) is 0. The molecule has 2 aromatic rings. The van der Waals surface area contributed by atoms with Crippen LogP contribution in [0.5, 0.6) is 0 Å². The topological polar surface area (TPSA) is 26.0 Å². The van der Waals surface area contributed by atoms with Crippen LogP contribution >= 0.6 is 0 Å². The van der Waals surface area contributed by atoms with Crippen molar-refractivity contribution in [2.24, 2.45) is 5.73 Å². The Hall–Kier alpha value is -1.60. The van der Waals surface area contributed by atoms with E-state index in [1.54, 1.807) is 0 Å². The molecule has 1 atom stereocenters. The van der Waals surface area contributed by atoms with Crippen LogP contribution < -0.4 is 5.73 Å². The van der Waals surface area contributed by atoms with Crippen LogP contribution in [0.3, 0.4) is 0 Å². The molecule has 1 unspecified atom stereocenters. The Balaban J connectivity index is 2.26. The minimum atomic E-state index is -0.0458. The molecule has 2 rings (SSSR count). The molecule has 106 valence electrons. The summed E-state index contributed by atoms with van der Waals surface area (Å²) in [6.07, 6.45) is 1.05. The van der Waals surface area contributed by atoms with Crippen molar-refractivity contribution in [3.63, 3.8) is 0 Å². The van der Waals surface area contributed by atoms with Gasteiger partial charge in [-0.25, -0.2) is 0 Å². The minimum Gasteiger partial charge on any atom is -0.320 e. The number of benzene rings is 2. The van der Waals surface area contributed by atoms with E-state index in [0.717, 1.165) is 6.42 Å². The van der Waals surface area contributed by atoms with E-state index < -0.39 is 0 Å². The average Bonchev–Trinajstić information content (AvgIpc) is 2.46. The van der Waals surface area contributed by atoms with E-state index in [0.29, 0.717) is 0 Å². The Kier molecular flexibility index (Phi) is 4.29. The van der Waals surface area contributed by atoms with Crippen molar-refractivity contribution in [3.05, 3.63) is 70.8 Å². The Morgan fingerprint density at radius 3 is 2.15 bits per heavy atom. The quantitative estimate of drug-likeness (QED) is 0.864. The standard InChI is InChI=1S/C19H25N/c1-5-14-7-6-8-16(13-14)18(20)15-9-11-17(12-10-15)19(2,3)4/h6-13,18H,5,20H2,1-4H3. The Morgan fingerprint density at radius 1 is 0.950 bits per heavy atom. The lowest BCUT2D eigenvalue weighted by Gasteiger charge is -2.20. The first kappa shape index (κ1) is 14.8. The lowest BCUT2D eigenvalue weighted by atomic mass is 9.86. The lowest BCUT2D eigenvalue weighted by molar-refractivity contribution is 0.589. The van der Waals surface area contributed by atoms with Gasteiger partial charge >= 0.3 is 0 Å². The van der Waals surface area contributed by atoms with Crippen LogP contribution in [0.4, 0.5) is 0 Å². The van der Waals surface area contributed by atoms with Crippen molar-refractivity contribution >= 4 is 0 Å². The second kappa shape index (κ2) is 5.80. The molecule has 0 radical (unpaired) electrons. The van der Waals surface area contributed by atoms with E-state index in [-0.39, 0.29) is 11.5 Å². The fourth-order valence-corrected chi connectivity index (χ4v) is 2.39. The normalized spacial score (nSPS) is 13.2. The third kappa shape index (κ3) is 3.29. The van der Waals surface area contributed by atoms with E-state index >= 15 is 0 Å². The molecule has 0 amide bonds. The highest BCUT2D eigenvalue weighted by Gasteiger charge is 2.15. The van der Waals surface area contributed by atoms with Crippen molar-refractivity contribution in [2.75, 3.05) is 0 Å². The third-order valence-electron chi connectivity index (χ3n) is 3.85. The predicted molar refractivity (Wildman–Crippen MR) is 87.0 cm³/mol. The first-order valence-electron chi connectivity index (χ1n) is 7.36.